The van der Waals surface area contributed by atoms with E-state index < -0.39 is 0 Å². The van der Waals surface area contributed by atoms with Gasteiger partial charge in [-0.2, -0.15) is 9.99 Å². The first-order valence-electron chi connectivity index (χ1n) is 6.11. The highest BCUT2D eigenvalue weighted by molar-refractivity contribution is 5.73. The number of fused-ring (bicyclic) bond motifs is 1. The normalized spacial score (nSPS) is 10.4. The smallest absolute Gasteiger partial charge is 0.369 e. The summed E-state index contributed by atoms with van der Waals surface area (Å²) in [6, 6.07) is 14.0. The van der Waals surface area contributed by atoms with Gasteiger partial charge >= 0.3 is 11.4 Å². The second kappa shape index (κ2) is 4.65. The molecule has 0 saturated carbocycles. The molecule has 6 heteroatoms. The number of para-hydroxylation sites is 3. The number of phenolic OH excluding ortho intramolecular Hbond substituents is 1. The minimum Gasteiger partial charge on any atom is -0.617 e. The monoisotopic (exact) mass is 279 g/mol. The first kappa shape index (κ1) is 12.7. The largest absolute Gasteiger partial charge is 0.617 e. The highest BCUT2D eigenvalue weighted by Gasteiger charge is 2.30. The van der Waals surface area contributed by atoms with E-state index in [-0.39, 0.29) is 33.7 Å². The molecule has 1 aromatic heterocycles. The molecular weight excluding hydrogens is 270 g/mol. The van der Waals surface area contributed by atoms with Crippen molar-refractivity contribution in [2.45, 2.75) is 0 Å². The molecule has 0 aliphatic rings. The van der Waals surface area contributed by atoms with E-state index in [0.29, 0.717) is 9.46 Å². The summed E-state index contributed by atoms with van der Waals surface area (Å²) in [5.74, 6) is -0.172. The first-order chi connectivity index (χ1) is 10.1. The van der Waals surface area contributed by atoms with Crippen LogP contribution in [-0.2, 0) is 0 Å². The number of rotatable bonds is 1. The molecule has 6 nitrogen and oxygen atoms in total. The lowest BCUT2D eigenvalue weighted by Gasteiger charge is -2.10. The minimum atomic E-state index is -0.356. The zero-order chi connectivity index (χ0) is 15.0. The minimum absolute atomic E-state index is 0.100. The molecule has 102 valence electrons. The van der Waals surface area contributed by atoms with Gasteiger partial charge in [0.25, 0.3) is 11.0 Å². The summed E-state index contributed by atoms with van der Waals surface area (Å²) in [6.07, 6.45) is 0. The molecule has 0 aliphatic carbocycles. The summed E-state index contributed by atoms with van der Waals surface area (Å²) in [4.78, 5) is 0. The van der Waals surface area contributed by atoms with E-state index in [2.05, 4.69) is 0 Å². The molecule has 0 saturated heterocycles. The Hall–Kier alpha value is -3.33. The summed E-state index contributed by atoms with van der Waals surface area (Å²) in [7, 11) is 0. The lowest BCUT2D eigenvalue weighted by molar-refractivity contribution is -0.622. The van der Waals surface area contributed by atoms with Crippen LogP contribution < -0.4 is 9.46 Å². The van der Waals surface area contributed by atoms with Crippen molar-refractivity contribution >= 4 is 11.0 Å². The Morgan fingerprint density at radius 2 is 1.48 bits per heavy atom. The summed E-state index contributed by atoms with van der Waals surface area (Å²) in [5.41, 5.74) is -0.151. The number of nitriles is 1. The van der Waals surface area contributed by atoms with Crippen molar-refractivity contribution in [1.82, 2.24) is 0 Å². The molecule has 0 fully saturated rings. The fourth-order valence-electron chi connectivity index (χ4n) is 2.25. The van der Waals surface area contributed by atoms with Gasteiger partial charge in [-0.15, -0.1) is 4.73 Å². The molecule has 0 bridgehead atoms. The van der Waals surface area contributed by atoms with Crippen LogP contribution >= 0.6 is 0 Å². The van der Waals surface area contributed by atoms with Crippen molar-refractivity contribution in [2.24, 2.45) is 0 Å². The molecule has 21 heavy (non-hydrogen) atoms. The third-order valence-corrected chi connectivity index (χ3v) is 3.21. The second-order valence-corrected chi connectivity index (χ2v) is 4.40. The maximum atomic E-state index is 12.5. The van der Waals surface area contributed by atoms with Gasteiger partial charge in [-0.3, -0.25) is 0 Å². The summed E-state index contributed by atoms with van der Waals surface area (Å²) < 4.78 is 0.906. The maximum absolute atomic E-state index is 12.5. The van der Waals surface area contributed by atoms with Gasteiger partial charge in [0.1, 0.15) is 5.75 Å². The molecule has 3 aromatic rings. The Bertz CT molecular complexity index is 901. The molecule has 0 radical (unpaired) electrons. The number of hydrogen-bond acceptors (Lipinski definition) is 4. The zero-order valence-corrected chi connectivity index (χ0v) is 10.7. The van der Waals surface area contributed by atoms with Crippen LogP contribution in [0.5, 0.6) is 5.75 Å². The topological polar surface area (TPSA) is 97.9 Å². The van der Waals surface area contributed by atoms with Crippen molar-refractivity contribution in [3.8, 4) is 23.1 Å². The fraction of sp³-hybridized carbons (Fsp3) is 0. The Labute approximate surface area is 119 Å². The van der Waals surface area contributed by atoms with Crippen LogP contribution in [0, 0.1) is 21.7 Å². The molecule has 0 atom stereocenters. The van der Waals surface area contributed by atoms with Crippen LogP contribution in [0.4, 0.5) is 0 Å². The van der Waals surface area contributed by atoms with E-state index in [1.807, 2.05) is 0 Å². The fourth-order valence-corrected chi connectivity index (χ4v) is 2.25. The van der Waals surface area contributed by atoms with Gasteiger partial charge in [-0.05, 0) is 12.1 Å². The molecular formula is C15H9N3O3. The van der Waals surface area contributed by atoms with Gasteiger partial charge in [0.2, 0.25) is 0 Å². The molecule has 3 rings (SSSR count). The second-order valence-electron chi connectivity index (χ2n) is 4.40. The number of hydrogen-bond donors (Lipinski definition) is 1. The SMILES string of the molecule is N#Cc1c(-c2ccccc2O)[n+]([O-])c2ccccc2[n+]1[O-]. The van der Waals surface area contributed by atoms with Gasteiger partial charge in [0.15, 0.2) is 6.07 Å². The highest BCUT2D eigenvalue weighted by atomic mass is 16.5. The lowest BCUT2D eigenvalue weighted by atomic mass is 10.1. The zero-order valence-electron chi connectivity index (χ0n) is 10.7. The van der Waals surface area contributed by atoms with Crippen molar-refractivity contribution in [3.05, 3.63) is 64.6 Å². The van der Waals surface area contributed by atoms with Crippen LogP contribution in [0.25, 0.3) is 22.3 Å². The third kappa shape index (κ3) is 1.80. The summed E-state index contributed by atoms with van der Waals surface area (Å²) >= 11 is 0. The van der Waals surface area contributed by atoms with Crippen LogP contribution in [0.2, 0.25) is 0 Å². The Balaban J connectivity index is 2.52. The number of aromatic hydroxyl groups is 1. The number of phenols is 1. The molecule has 0 unspecified atom stereocenters. The van der Waals surface area contributed by atoms with Gasteiger partial charge in [-0.1, -0.05) is 24.3 Å². The predicted octanol–water partition coefficient (Wildman–Crippen LogP) is 1.35. The van der Waals surface area contributed by atoms with E-state index in [9.17, 15) is 20.8 Å². The number of aromatic nitrogens is 2. The average molecular weight is 279 g/mol. The molecule has 2 aromatic carbocycles. The molecule has 0 spiro atoms. The van der Waals surface area contributed by atoms with E-state index in [0.717, 1.165) is 0 Å². The molecule has 1 N–H and O–H groups in total. The van der Waals surface area contributed by atoms with Crippen molar-refractivity contribution in [2.75, 3.05) is 0 Å². The van der Waals surface area contributed by atoms with Crippen molar-refractivity contribution < 1.29 is 14.6 Å². The molecule has 1 heterocycles. The van der Waals surface area contributed by atoms with E-state index in [1.165, 1.54) is 24.3 Å². The van der Waals surface area contributed by atoms with Gasteiger partial charge < -0.3 is 15.5 Å². The van der Waals surface area contributed by atoms with Crippen LogP contribution in [0.15, 0.2) is 48.5 Å². The van der Waals surface area contributed by atoms with Crippen LogP contribution in [0.1, 0.15) is 5.69 Å². The Kier molecular flexibility index (Phi) is 2.81. The summed E-state index contributed by atoms with van der Waals surface area (Å²) in [6.45, 7) is 0. The van der Waals surface area contributed by atoms with Crippen LogP contribution in [0.3, 0.4) is 0 Å². The lowest BCUT2D eigenvalue weighted by Crippen LogP contribution is -2.43. The quantitative estimate of drug-likeness (QED) is 0.537. The number of benzene rings is 2. The first-order valence-corrected chi connectivity index (χ1v) is 6.11. The highest BCUT2D eigenvalue weighted by Crippen LogP contribution is 2.28. The van der Waals surface area contributed by atoms with Crippen molar-refractivity contribution in [3.63, 3.8) is 0 Å². The van der Waals surface area contributed by atoms with Crippen molar-refractivity contribution in [1.29, 1.82) is 5.26 Å². The van der Waals surface area contributed by atoms with E-state index in [4.69, 9.17) is 0 Å². The summed E-state index contributed by atoms with van der Waals surface area (Å²) in [5, 5.41) is 43.9. The standard InChI is InChI=1S/C15H9N3O3/c16-9-13-15(10-5-1-4-8-14(10)19)18(21)12-7-3-2-6-11(12)17(13)20/h1-8,19H. The van der Waals surface area contributed by atoms with E-state index in [1.54, 1.807) is 30.3 Å². The van der Waals surface area contributed by atoms with Gasteiger partial charge in [0.05, 0.1) is 5.56 Å². The predicted molar refractivity (Wildman–Crippen MR) is 73.7 cm³/mol. The van der Waals surface area contributed by atoms with Gasteiger partial charge in [0, 0.05) is 12.1 Å². The third-order valence-electron chi connectivity index (χ3n) is 3.21. The Morgan fingerprint density at radius 1 is 0.905 bits per heavy atom. The molecule has 0 amide bonds. The van der Waals surface area contributed by atoms with Crippen LogP contribution in [-0.4, -0.2) is 5.11 Å². The maximum Gasteiger partial charge on any atom is 0.369 e. The number of nitrogens with zero attached hydrogens (tertiary/aromatic N) is 3. The Morgan fingerprint density at radius 3 is 2.10 bits per heavy atom. The van der Waals surface area contributed by atoms with E-state index >= 15 is 0 Å². The van der Waals surface area contributed by atoms with Gasteiger partial charge in [-0.25, -0.2) is 0 Å². The average Bonchev–Trinajstić information content (AvgIpc) is 2.51. The molecule has 0 aliphatic heterocycles.